The zero-order valence-electron chi connectivity index (χ0n) is 17.0. The fourth-order valence-electron chi connectivity index (χ4n) is 3.62. The van der Waals surface area contributed by atoms with E-state index in [2.05, 4.69) is 12.2 Å². The van der Waals surface area contributed by atoms with Gasteiger partial charge >= 0.3 is 0 Å². The van der Waals surface area contributed by atoms with Gasteiger partial charge in [0.2, 0.25) is 0 Å². The van der Waals surface area contributed by atoms with Gasteiger partial charge in [0, 0.05) is 10.4 Å². The van der Waals surface area contributed by atoms with E-state index >= 15 is 0 Å². The molecular formula is C22H26Cl2N2O3S. The first-order chi connectivity index (χ1) is 14.4. The number of hydrogen-bond acceptors (Lipinski definition) is 4. The van der Waals surface area contributed by atoms with Crippen molar-refractivity contribution in [1.82, 2.24) is 0 Å². The fourth-order valence-corrected chi connectivity index (χ4v) is 5.51. The molecule has 2 aromatic rings. The highest BCUT2D eigenvalue weighted by molar-refractivity contribution is 7.17. The van der Waals surface area contributed by atoms with E-state index in [-0.39, 0.29) is 10.0 Å². The zero-order valence-corrected chi connectivity index (χ0v) is 19.3. The van der Waals surface area contributed by atoms with Crippen LogP contribution in [-0.4, -0.2) is 18.4 Å². The molecular weight excluding hydrogens is 443 g/mol. The van der Waals surface area contributed by atoms with Crippen molar-refractivity contribution in [1.29, 1.82) is 0 Å². The second kappa shape index (κ2) is 10.5. The second-order valence-electron chi connectivity index (χ2n) is 7.41. The van der Waals surface area contributed by atoms with Crippen LogP contribution in [0.25, 0.3) is 0 Å². The number of anilines is 1. The van der Waals surface area contributed by atoms with E-state index in [1.807, 2.05) is 0 Å². The van der Waals surface area contributed by atoms with Gasteiger partial charge in [0.1, 0.15) is 5.00 Å². The average Bonchev–Trinajstić information content (AvgIpc) is 3.07. The first kappa shape index (κ1) is 22.9. The molecule has 8 heteroatoms. The molecule has 0 saturated carbocycles. The van der Waals surface area contributed by atoms with Crippen molar-refractivity contribution < 1.29 is 14.3 Å². The number of amides is 2. The molecule has 0 aliphatic heterocycles. The topological polar surface area (TPSA) is 81.4 Å². The van der Waals surface area contributed by atoms with Crippen LogP contribution in [0, 0.1) is 0 Å². The third kappa shape index (κ3) is 5.29. The first-order valence-electron chi connectivity index (χ1n) is 10.3. The number of benzene rings is 1. The Kier molecular flexibility index (Phi) is 8.03. The molecule has 1 heterocycles. The van der Waals surface area contributed by atoms with E-state index in [4.69, 9.17) is 33.7 Å². The van der Waals surface area contributed by atoms with Crippen LogP contribution < -0.4 is 15.8 Å². The number of ether oxygens (including phenoxy) is 1. The summed E-state index contributed by atoms with van der Waals surface area (Å²) in [7, 11) is 0. The van der Waals surface area contributed by atoms with Crippen molar-refractivity contribution in [2.75, 3.05) is 11.9 Å². The molecule has 1 aromatic heterocycles. The maximum atomic E-state index is 12.8. The van der Waals surface area contributed by atoms with Gasteiger partial charge in [-0.1, -0.05) is 49.4 Å². The molecule has 3 rings (SSSR count). The van der Waals surface area contributed by atoms with E-state index in [0.717, 1.165) is 61.8 Å². The lowest BCUT2D eigenvalue weighted by atomic mass is 9.95. The minimum atomic E-state index is -0.521. The number of hydrogen-bond donors (Lipinski definition) is 2. The molecule has 1 aromatic carbocycles. The Hall–Kier alpha value is -1.76. The minimum absolute atomic E-state index is 0.281. The molecule has 5 nitrogen and oxygen atoms in total. The smallest absolute Gasteiger partial charge is 0.256 e. The summed E-state index contributed by atoms with van der Waals surface area (Å²) in [5.41, 5.74) is 7.29. The number of nitrogens with two attached hydrogens (primary N) is 1. The first-order valence-corrected chi connectivity index (χ1v) is 11.9. The molecule has 162 valence electrons. The molecule has 0 radical (unpaired) electrons. The highest BCUT2D eigenvalue weighted by Crippen LogP contribution is 2.39. The lowest BCUT2D eigenvalue weighted by Gasteiger charge is -2.12. The van der Waals surface area contributed by atoms with Crippen LogP contribution in [0.3, 0.4) is 0 Å². The molecule has 0 saturated heterocycles. The van der Waals surface area contributed by atoms with Crippen molar-refractivity contribution >= 4 is 51.4 Å². The lowest BCUT2D eigenvalue weighted by molar-refractivity contribution is 0.100. The third-order valence-corrected chi connectivity index (χ3v) is 6.92. The number of aryl methyl sites for hydroxylation is 1. The van der Waals surface area contributed by atoms with Gasteiger partial charge in [-0.3, -0.25) is 9.59 Å². The quantitative estimate of drug-likeness (QED) is 0.427. The maximum absolute atomic E-state index is 12.8. The van der Waals surface area contributed by atoms with Gasteiger partial charge in [0.05, 0.1) is 22.2 Å². The van der Waals surface area contributed by atoms with Crippen LogP contribution >= 0.6 is 34.5 Å². The Balaban J connectivity index is 1.75. The predicted molar refractivity (Wildman–Crippen MR) is 124 cm³/mol. The molecule has 2 amide bonds. The summed E-state index contributed by atoms with van der Waals surface area (Å²) in [6, 6.07) is 3.06. The van der Waals surface area contributed by atoms with E-state index in [1.165, 1.54) is 23.5 Å². The summed E-state index contributed by atoms with van der Waals surface area (Å²) in [5, 5.41) is 3.88. The molecule has 0 unspecified atom stereocenters. The number of fused-ring (bicyclic) bond motifs is 1. The number of rotatable bonds is 9. The number of primary amides is 1. The van der Waals surface area contributed by atoms with Gasteiger partial charge in [-0.2, -0.15) is 0 Å². The van der Waals surface area contributed by atoms with E-state index in [9.17, 15) is 9.59 Å². The SMILES string of the molecule is CCCCCCOc1c(Cl)cc(C(=O)Nc2sc3c(c2C(N)=O)CCCC3)cc1Cl. The maximum Gasteiger partial charge on any atom is 0.256 e. The van der Waals surface area contributed by atoms with E-state index in [1.54, 1.807) is 0 Å². The third-order valence-electron chi connectivity index (χ3n) is 5.15. The molecule has 0 bridgehead atoms. The van der Waals surface area contributed by atoms with Crippen LogP contribution in [-0.2, 0) is 12.8 Å². The van der Waals surface area contributed by atoms with Gasteiger partial charge in [-0.25, -0.2) is 0 Å². The van der Waals surface area contributed by atoms with Crippen molar-refractivity contribution in [2.24, 2.45) is 5.73 Å². The summed E-state index contributed by atoms with van der Waals surface area (Å²) >= 11 is 14.1. The molecule has 3 N–H and O–H groups in total. The van der Waals surface area contributed by atoms with Crippen LogP contribution in [0.4, 0.5) is 5.00 Å². The molecule has 0 atom stereocenters. The van der Waals surface area contributed by atoms with Gasteiger partial charge in [-0.05, 0) is 49.8 Å². The number of thiophene rings is 1. The summed E-state index contributed by atoms with van der Waals surface area (Å²) in [6.07, 6.45) is 8.10. The molecule has 30 heavy (non-hydrogen) atoms. The van der Waals surface area contributed by atoms with E-state index in [0.29, 0.717) is 28.5 Å². The minimum Gasteiger partial charge on any atom is -0.490 e. The Labute approximate surface area is 190 Å². The number of carbonyl (C=O) groups excluding carboxylic acids is 2. The van der Waals surface area contributed by atoms with Gasteiger partial charge in [-0.15, -0.1) is 11.3 Å². The number of unbranched alkanes of at least 4 members (excludes halogenated alkanes) is 3. The van der Waals surface area contributed by atoms with Crippen molar-refractivity contribution in [3.8, 4) is 5.75 Å². The van der Waals surface area contributed by atoms with Crippen LogP contribution in [0.2, 0.25) is 10.0 Å². The average molecular weight is 469 g/mol. The molecule has 1 aliphatic rings. The van der Waals surface area contributed by atoms with Gasteiger partial charge in [0.25, 0.3) is 11.8 Å². The largest absolute Gasteiger partial charge is 0.490 e. The molecule has 0 spiro atoms. The zero-order chi connectivity index (χ0) is 21.7. The summed E-state index contributed by atoms with van der Waals surface area (Å²) in [5.74, 6) is -0.530. The molecule has 0 fully saturated rings. The number of halogens is 2. The van der Waals surface area contributed by atoms with Crippen LogP contribution in [0.15, 0.2) is 12.1 Å². The van der Waals surface area contributed by atoms with Crippen LogP contribution in [0.1, 0.15) is 76.6 Å². The van der Waals surface area contributed by atoms with Gasteiger partial charge in [0.15, 0.2) is 5.75 Å². The van der Waals surface area contributed by atoms with E-state index < -0.39 is 11.8 Å². The highest BCUT2D eigenvalue weighted by atomic mass is 35.5. The highest BCUT2D eigenvalue weighted by Gasteiger charge is 2.25. The monoisotopic (exact) mass is 468 g/mol. The number of nitrogens with one attached hydrogen (secondary N) is 1. The Bertz CT molecular complexity index is 920. The summed E-state index contributed by atoms with van der Waals surface area (Å²) in [4.78, 5) is 26.0. The normalized spacial score (nSPS) is 13.0. The second-order valence-corrected chi connectivity index (χ2v) is 9.33. The summed E-state index contributed by atoms with van der Waals surface area (Å²) < 4.78 is 5.72. The molecule has 1 aliphatic carbocycles. The fraction of sp³-hybridized carbons (Fsp3) is 0.455. The Morgan fingerprint density at radius 2 is 1.83 bits per heavy atom. The van der Waals surface area contributed by atoms with Crippen molar-refractivity contribution in [3.63, 3.8) is 0 Å². The van der Waals surface area contributed by atoms with Crippen molar-refractivity contribution in [2.45, 2.75) is 58.3 Å². The Morgan fingerprint density at radius 3 is 2.50 bits per heavy atom. The van der Waals surface area contributed by atoms with Gasteiger partial charge < -0.3 is 15.8 Å². The lowest BCUT2D eigenvalue weighted by Crippen LogP contribution is -2.18. The standard InChI is InChI=1S/C22H26Cl2N2O3S/c1-2-3-4-7-10-29-19-15(23)11-13(12-16(19)24)21(28)26-22-18(20(25)27)14-8-5-6-9-17(14)30-22/h11-12H,2-10H2,1H3,(H2,25,27)(H,26,28). The van der Waals surface area contributed by atoms with Crippen molar-refractivity contribution in [3.05, 3.63) is 43.7 Å². The Morgan fingerprint density at radius 1 is 1.13 bits per heavy atom. The number of carbonyl (C=O) groups is 2. The summed E-state index contributed by atoms with van der Waals surface area (Å²) in [6.45, 7) is 2.67. The van der Waals surface area contributed by atoms with Crippen LogP contribution in [0.5, 0.6) is 5.75 Å². The predicted octanol–water partition coefficient (Wildman–Crippen LogP) is 6.24.